The molecule has 0 spiro atoms. The molecule has 1 saturated heterocycles. The summed E-state index contributed by atoms with van der Waals surface area (Å²) < 4.78 is 0. The summed E-state index contributed by atoms with van der Waals surface area (Å²) in [7, 11) is 0. The molecule has 1 unspecified atom stereocenters. The lowest BCUT2D eigenvalue weighted by Gasteiger charge is -2.30. The third-order valence-electron chi connectivity index (χ3n) is 4.02. The Morgan fingerprint density at radius 1 is 1.35 bits per heavy atom. The Kier molecular flexibility index (Phi) is 4.99. The fourth-order valence-electron chi connectivity index (χ4n) is 2.59. The first kappa shape index (κ1) is 14.5. The van der Waals surface area contributed by atoms with Gasteiger partial charge in [0, 0.05) is 13.1 Å². The fourth-order valence-corrected chi connectivity index (χ4v) is 2.59. The van der Waals surface area contributed by atoms with Crippen LogP contribution in [0.5, 0.6) is 0 Å². The van der Waals surface area contributed by atoms with Gasteiger partial charge in [-0.3, -0.25) is 4.79 Å². The minimum absolute atomic E-state index is 0.141. The molecule has 17 heavy (non-hydrogen) atoms. The van der Waals surface area contributed by atoms with Gasteiger partial charge in [0.2, 0.25) is 5.91 Å². The Bertz CT molecular complexity index is 257. The molecule has 1 fully saturated rings. The number of carbonyl (C=O) groups is 1. The van der Waals surface area contributed by atoms with Gasteiger partial charge in [-0.05, 0) is 37.0 Å². The number of likely N-dealkylation sites (tertiary alicyclic amines) is 1. The van der Waals surface area contributed by atoms with E-state index in [1.54, 1.807) is 0 Å². The van der Waals surface area contributed by atoms with E-state index in [0.29, 0.717) is 5.41 Å². The average Bonchev–Trinajstić information content (AvgIpc) is 2.51. The molecule has 0 saturated carbocycles. The zero-order valence-electron chi connectivity index (χ0n) is 11.8. The molecule has 1 amide bonds. The van der Waals surface area contributed by atoms with Crippen molar-refractivity contribution < 1.29 is 4.79 Å². The molecule has 0 radical (unpaired) electrons. The summed E-state index contributed by atoms with van der Waals surface area (Å²) in [4.78, 5) is 14.0. The highest BCUT2D eigenvalue weighted by molar-refractivity contribution is 5.81. The lowest BCUT2D eigenvalue weighted by Crippen LogP contribution is -2.44. The van der Waals surface area contributed by atoms with E-state index in [1.165, 1.54) is 6.42 Å². The zero-order chi connectivity index (χ0) is 13.1. The number of nitrogens with two attached hydrogens (primary N) is 1. The van der Waals surface area contributed by atoms with Crippen LogP contribution in [0.3, 0.4) is 0 Å². The topological polar surface area (TPSA) is 46.3 Å². The predicted molar refractivity (Wildman–Crippen MR) is 71.6 cm³/mol. The molecule has 1 aliphatic rings. The van der Waals surface area contributed by atoms with E-state index in [2.05, 4.69) is 20.8 Å². The van der Waals surface area contributed by atoms with Crippen molar-refractivity contribution in [3.8, 4) is 0 Å². The van der Waals surface area contributed by atoms with Crippen LogP contribution >= 0.6 is 0 Å². The van der Waals surface area contributed by atoms with E-state index in [1.807, 2.05) is 11.8 Å². The van der Waals surface area contributed by atoms with Gasteiger partial charge >= 0.3 is 0 Å². The molecular formula is C14H28N2O. The van der Waals surface area contributed by atoms with Crippen LogP contribution in [0.15, 0.2) is 0 Å². The summed E-state index contributed by atoms with van der Waals surface area (Å²) in [6.07, 6.45) is 4.20. The summed E-state index contributed by atoms with van der Waals surface area (Å²) in [5.41, 5.74) is 6.18. The molecule has 1 rings (SSSR count). The number of amides is 1. The molecule has 3 heteroatoms. The minimum Gasteiger partial charge on any atom is -0.341 e. The summed E-state index contributed by atoms with van der Waals surface area (Å²) in [5.74, 6) is 0.861. The molecule has 100 valence electrons. The van der Waals surface area contributed by atoms with Crippen LogP contribution in [0.4, 0.5) is 0 Å². The van der Waals surface area contributed by atoms with Crippen LogP contribution in [-0.4, -0.2) is 29.9 Å². The van der Waals surface area contributed by atoms with E-state index in [0.717, 1.165) is 38.3 Å². The molecule has 2 N–H and O–H groups in total. The second kappa shape index (κ2) is 5.85. The molecule has 0 bridgehead atoms. The first-order valence-corrected chi connectivity index (χ1v) is 6.90. The lowest BCUT2D eigenvalue weighted by molar-refractivity contribution is -0.132. The average molecular weight is 240 g/mol. The first-order chi connectivity index (χ1) is 7.86. The van der Waals surface area contributed by atoms with E-state index in [9.17, 15) is 4.79 Å². The Hall–Kier alpha value is -0.570. The zero-order valence-corrected chi connectivity index (χ0v) is 11.8. The smallest absolute Gasteiger partial charge is 0.239 e. The third-order valence-corrected chi connectivity index (χ3v) is 4.02. The molecule has 3 nitrogen and oxygen atoms in total. The van der Waals surface area contributed by atoms with Crippen molar-refractivity contribution in [2.45, 2.75) is 59.4 Å². The monoisotopic (exact) mass is 240 g/mol. The van der Waals surface area contributed by atoms with E-state index < -0.39 is 0 Å². The predicted octanol–water partition coefficient (Wildman–Crippen LogP) is 2.40. The largest absolute Gasteiger partial charge is 0.341 e. The minimum atomic E-state index is -0.304. The molecule has 2 atom stereocenters. The first-order valence-electron chi connectivity index (χ1n) is 6.90. The van der Waals surface area contributed by atoms with Gasteiger partial charge in [0.05, 0.1) is 6.04 Å². The summed E-state index contributed by atoms with van der Waals surface area (Å²) in [5, 5.41) is 0. The highest BCUT2D eigenvalue weighted by Crippen LogP contribution is 2.34. The van der Waals surface area contributed by atoms with Gasteiger partial charge in [0.25, 0.3) is 0 Å². The van der Waals surface area contributed by atoms with Gasteiger partial charge in [-0.2, -0.15) is 0 Å². The van der Waals surface area contributed by atoms with Crippen molar-refractivity contribution in [3.05, 3.63) is 0 Å². The maximum Gasteiger partial charge on any atom is 0.239 e. The van der Waals surface area contributed by atoms with Crippen molar-refractivity contribution in [2.75, 3.05) is 13.1 Å². The van der Waals surface area contributed by atoms with Crippen LogP contribution in [0.25, 0.3) is 0 Å². The molecule has 0 aromatic carbocycles. The normalized spacial score (nSPS) is 24.3. The second-order valence-corrected chi connectivity index (χ2v) is 6.33. The molecule has 1 heterocycles. The molecule has 0 aromatic heterocycles. The highest BCUT2D eigenvalue weighted by Gasteiger charge is 2.29. The number of carbonyl (C=O) groups excluding carboxylic acids is 1. The summed E-state index contributed by atoms with van der Waals surface area (Å²) >= 11 is 0. The van der Waals surface area contributed by atoms with Gasteiger partial charge in [-0.25, -0.2) is 0 Å². The second-order valence-electron chi connectivity index (χ2n) is 6.33. The van der Waals surface area contributed by atoms with Gasteiger partial charge in [-0.1, -0.05) is 27.7 Å². The SMILES string of the molecule is CC[C@H](N)C(=O)N1CCCC(C(C)(C)C)CC1. The van der Waals surface area contributed by atoms with Crippen LogP contribution in [-0.2, 0) is 4.79 Å². The van der Waals surface area contributed by atoms with E-state index in [4.69, 9.17) is 5.73 Å². The van der Waals surface area contributed by atoms with Gasteiger partial charge in [-0.15, -0.1) is 0 Å². The number of nitrogens with zero attached hydrogens (tertiary/aromatic N) is 1. The molecule has 1 aliphatic heterocycles. The molecule has 0 aliphatic carbocycles. The van der Waals surface area contributed by atoms with Crippen molar-refractivity contribution in [2.24, 2.45) is 17.1 Å². The van der Waals surface area contributed by atoms with Crippen LogP contribution < -0.4 is 5.73 Å². The Balaban J connectivity index is 2.56. The fraction of sp³-hybridized carbons (Fsp3) is 0.929. The van der Waals surface area contributed by atoms with Crippen LogP contribution in [0, 0.1) is 11.3 Å². The van der Waals surface area contributed by atoms with Crippen LogP contribution in [0.2, 0.25) is 0 Å². The van der Waals surface area contributed by atoms with Gasteiger partial charge in [0.15, 0.2) is 0 Å². The summed E-state index contributed by atoms with van der Waals surface area (Å²) in [6.45, 7) is 10.6. The summed E-state index contributed by atoms with van der Waals surface area (Å²) in [6, 6.07) is -0.304. The standard InChI is InChI=1S/C14H28N2O/c1-5-12(15)13(17)16-9-6-7-11(8-10-16)14(2,3)4/h11-12H,5-10,15H2,1-4H3/t11?,12-/m0/s1. The van der Waals surface area contributed by atoms with Gasteiger partial charge in [0.1, 0.15) is 0 Å². The van der Waals surface area contributed by atoms with Crippen molar-refractivity contribution in [1.82, 2.24) is 4.90 Å². The highest BCUT2D eigenvalue weighted by atomic mass is 16.2. The molecular weight excluding hydrogens is 212 g/mol. The Morgan fingerprint density at radius 2 is 2.00 bits per heavy atom. The number of hydrogen-bond acceptors (Lipinski definition) is 2. The van der Waals surface area contributed by atoms with Gasteiger partial charge < -0.3 is 10.6 Å². The number of rotatable bonds is 2. The lowest BCUT2D eigenvalue weighted by atomic mass is 9.77. The van der Waals surface area contributed by atoms with Crippen LogP contribution in [0.1, 0.15) is 53.4 Å². The third kappa shape index (κ3) is 3.98. The Morgan fingerprint density at radius 3 is 2.53 bits per heavy atom. The van der Waals surface area contributed by atoms with E-state index in [-0.39, 0.29) is 11.9 Å². The van der Waals surface area contributed by atoms with Crippen molar-refractivity contribution >= 4 is 5.91 Å². The molecule has 0 aromatic rings. The Labute approximate surface area is 106 Å². The quantitative estimate of drug-likeness (QED) is 0.805. The number of hydrogen-bond donors (Lipinski definition) is 1. The van der Waals surface area contributed by atoms with E-state index >= 15 is 0 Å². The van der Waals surface area contributed by atoms with Crippen molar-refractivity contribution in [1.29, 1.82) is 0 Å². The van der Waals surface area contributed by atoms with Crippen molar-refractivity contribution in [3.63, 3.8) is 0 Å². The maximum absolute atomic E-state index is 12.0. The maximum atomic E-state index is 12.0.